The summed E-state index contributed by atoms with van der Waals surface area (Å²) in [5, 5.41) is 1.84. The quantitative estimate of drug-likeness (QED) is 0.428. The minimum absolute atomic E-state index is 0.197. The fourth-order valence-electron chi connectivity index (χ4n) is 3.01. The number of halogens is 2. The summed E-state index contributed by atoms with van der Waals surface area (Å²) in [5.41, 5.74) is 3.04. The fraction of sp³-hybridized carbons (Fsp3) is 0.0500. The Morgan fingerprint density at radius 1 is 0.958 bits per heavy atom. The Labute approximate surface area is 143 Å². The summed E-state index contributed by atoms with van der Waals surface area (Å²) < 4.78 is 20.2. The third-order valence-corrected chi connectivity index (χ3v) is 4.32. The highest BCUT2D eigenvalue weighted by Crippen LogP contribution is 2.39. The molecule has 0 atom stereocenters. The van der Waals surface area contributed by atoms with Gasteiger partial charge in [0.05, 0.1) is 18.1 Å². The summed E-state index contributed by atoms with van der Waals surface area (Å²) in [5.74, 6) is -0.217. The van der Waals surface area contributed by atoms with E-state index in [4.69, 9.17) is 16.3 Å². The first kappa shape index (κ1) is 14.9. The van der Waals surface area contributed by atoms with Crippen LogP contribution in [0, 0.1) is 5.82 Å². The molecule has 0 N–H and O–H groups in total. The molecule has 4 aromatic rings. The molecular formula is C20H13ClFNO. The lowest BCUT2D eigenvalue weighted by molar-refractivity contribution is 0.389. The van der Waals surface area contributed by atoms with E-state index in [9.17, 15) is 0 Å². The summed E-state index contributed by atoms with van der Waals surface area (Å²) in [6.45, 7) is 0. The second-order valence-corrected chi connectivity index (χ2v) is 5.93. The van der Waals surface area contributed by atoms with Crippen molar-refractivity contribution in [1.82, 2.24) is 4.98 Å². The molecule has 2 nitrogen and oxygen atoms in total. The number of hydrogen-bond acceptors (Lipinski definition) is 2. The standard InChI is InChI=1S/C20H13ClFNO/c1-24-17-10-9-16-19(20(17)22)18(12-5-3-2-4-6-12)14-11-13(21)7-8-15(14)23-16/h2-11H,1H3. The summed E-state index contributed by atoms with van der Waals surface area (Å²) >= 11 is 6.18. The molecular weight excluding hydrogens is 325 g/mol. The second-order valence-electron chi connectivity index (χ2n) is 5.49. The Morgan fingerprint density at radius 3 is 2.46 bits per heavy atom. The van der Waals surface area contributed by atoms with E-state index >= 15 is 4.39 Å². The van der Waals surface area contributed by atoms with Crippen molar-refractivity contribution < 1.29 is 9.13 Å². The van der Waals surface area contributed by atoms with Crippen LogP contribution in [0.1, 0.15) is 0 Å². The van der Waals surface area contributed by atoms with Crippen LogP contribution < -0.4 is 4.74 Å². The number of nitrogens with zero attached hydrogens (tertiary/aromatic N) is 1. The summed E-state index contributed by atoms with van der Waals surface area (Å²) in [4.78, 5) is 4.59. The molecule has 0 saturated heterocycles. The Hall–Kier alpha value is -2.65. The normalized spacial score (nSPS) is 11.1. The minimum atomic E-state index is -0.414. The van der Waals surface area contributed by atoms with Crippen molar-refractivity contribution >= 4 is 33.4 Å². The van der Waals surface area contributed by atoms with Gasteiger partial charge >= 0.3 is 0 Å². The van der Waals surface area contributed by atoms with Gasteiger partial charge in [-0.1, -0.05) is 41.9 Å². The number of fused-ring (bicyclic) bond motifs is 2. The van der Waals surface area contributed by atoms with Crippen LogP contribution in [0.4, 0.5) is 4.39 Å². The molecule has 24 heavy (non-hydrogen) atoms. The molecule has 4 rings (SSSR count). The van der Waals surface area contributed by atoms with E-state index < -0.39 is 5.82 Å². The zero-order valence-electron chi connectivity index (χ0n) is 12.9. The van der Waals surface area contributed by atoms with Crippen molar-refractivity contribution in [3.8, 4) is 16.9 Å². The lowest BCUT2D eigenvalue weighted by atomic mass is 9.95. The van der Waals surface area contributed by atoms with Gasteiger partial charge in [0, 0.05) is 21.4 Å². The van der Waals surface area contributed by atoms with Crippen LogP contribution >= 0.6 is 11.6 Å². The molecule has 0 fully saturated rings. The van der Waals surface area contributed by atoms with Crippen molar-refractivity contribution in [2.75, 3.05) is 7.11 Å². The maximum Gasteiger partial charge on any atom is 0.175 e. The molecule has 0 amide bonds. The second kappa shape index (κ2) is 5.77. The topological polar surface area (TPSA) is 22.1 Å². The first-order valence-corrected chi connectivity index (χ1v) is 7.87. The van der Waals surface area contributed by atoms with Crippen LogP contribution in [-0.2, 0) is 0 Å². The van der Waals surface area contributed by atoms with Crippen molar-refractivity contribution in [3.05, 3.63) is 71.5 Å². The molecule has 0 saturated carbocycles. The molecule has 0 bridgehead atoms. The van der Waals surface area contributed by atoms with Gasteiger partial charge in [0.15, 0.2) is 11.6 Å². The molecule has 0 aliphatic rings. The zero-order chi connectivity index (χ0) is 16.7. The third-order valence-electron chi connectivity index (χ3n) is 4.09. The molecule has 0 aliphatic carbocycles. The predicted octanol–water partition coefficient (Wildman–Crippen LogP) is 5.86. The van der Waals surface area contributed by atoms with Crippen LogP contribution in [0.2, 0.25) is 5.02 Å². The zero-order valence-corrected chi connectivity index (χ0v) is 13.6. The van der Waals surface area contributed by atoms with E-state index in [1.807, 2.05) is 42.5 Å². The predicted molar refractivity (Wildman–Crippen MR) is 96.2 cm³/mol. The van der Waals surface area contributed by atoms with Crippen LogP contribution in [0.15, 0.2) is 60.7 Å². The smallest absolute Gasteiger partial charge is 0.175 e. The number of rotatable bonds is 2. The lowest BCUT2D eigenvalue weighted by Gasteiger charge is -2.14. The van der Waals surface area contributed by atoms with E-state index in [1.54, 1.807) is 18.2 Å². The van der Waals surface area contributed by atoms with E-state index in [2.05, 4.69) is 4.98 Å². The Morgan fingerprint density at radius 2 is 1.71 bits per heavy atom. The molecule has 3 aromatic carbocycles. The van der Waals surface area contributed by atoms with Gasteiger partial charge in [0.25, 0.3) is 0 Å². The van der Waals surface area contributed by atoms with E-state index in [1.165, 1.54) is 7.11 Å². The average molecular weight is 338 g/mol. The average Bonchev–Trinajstić information content (AvgIpc) is 2.61. The van der Waals surface area contributed by atoms with Gasteiger partial charge in [-0.05, 0) is 35.9 Å². The highest BCUT2D eigenvalue weighted by molar-refractivity contribution is 6.31. The van der Waals surface area contributed by atoms with Crippen LogP contribution in [0.5, 0.6) is 5.75 Å². The molecule has 0 unspecified atom stereocenters. The monoisotopic (exact) mass is 337 g/mol. The van der Waals surface area contributed by atoms with E-state index in [0.717, 1.165) is 22.0 Å². The molecule has 1 aromatic heterocycles. The van der Waals surface area contributed by atoms with Crippen molar-refractivity contribution in [1.29, 1.82) is 0 Å². The molecule has 0 aliphatic heterocycles. The summed E-state index contributed by atoms with van der Waals surface area (Å²) in [6.07, 6.45) is 0. The minimum Gasteiger partial charge on any atom is -0.494 e. The molecule has 1 heterocycles. The highest BCUT2D eigenvalue weighted by atomic mass is 35.5. The number of methoxy groups -OCH3 is 1. The van der Waals surface area contributed by atoms with Crippen molar-refractivity contribution in [2.24, 2.45) is 0 Å². The first-order chi connectivity index (χ1) is 11.7. The Balaban J connectivity index is 2.26. The number of aromatic nitrogens is 1. The van der Waals surface area contributed by atoms with Gasteiger partial charge in [-0.2, -0.15) is 0 Å². The lowest BCUT2D eigenvalue weighted by Crippen LogP contribution is -1.95. The van der Waals surface area contributed by atoms with Gasteiger partial charge in [0.2, 0.25) is 0 Å². The molecule has 118 valence electrons. The maximum absolute atomic E-state index is 15.0. The highest BCUT2D eigenvalue weighted by Gasteiger charge is 2.17. The van der Waals surface area contributed by atoms with Gasteiger partial charge < -0.3 is 4.74 Å². The number of ether oxygens (including phenoxy) is 1. The van der Waals surface area contributed by atoms with Crippen molar-refractivity contribution in [2.45, 2.75) is 0 Å². The van der Waals surface area contributed by atoms with Crippen LogP contribution in [0.25, 0.3) is 32.9 Å². The molecule has 0 radical (unpaired) electrons. The Bertz CT molecular complexity index is 1060. The van der Waals surface area contributed by atoms with Gasteiger partial charge in [-0.25, -0.2) is 9.37 Å². The maximum atomic E-state index is 15.0. The third kappa shape index (κ3) is 2.29. The molecule has 4 heteroatoms. The van der Waals surface area contributed by atoms with Gasteiger partial charge in [-0.15, -0.1) is 0 Å². The molecule has 0 spiro atoms. The number of pyridine rings is 1. The van der Waals surface area contributed by atoms with Crippen molar-refractivity contribution in [3.63, 3.8) is 0 Å². The number of hydrogen-bond donors (Lipinski definition) is 0. The SMILES string of the molecule is COc1ccc2nc3ccc(Cl)cc3c(-c3ccccc3)c2c1F. The summed E-state index contributed by atoms with van der Waals surface area (Å²) in [6, 6.07) is 18.5. The van der Waals surface area contributed by atoms with Gasteiger partial charge in [0.1, 0.15) is 0 Å². The largest absolute Gasteiger partial charge is 0.494 e. The summed E-state index contributed by atoms with van der Waals surface area (Å²) in [7, 11) is 1.46. The fourth-order valence-corrected chi connectivity index (χ4v) is 3.18. The first-order valence-electron chi connectivity index (χ1n) is 7.50. The van der Waals surface area contributed by atoms with E-state index in [-0.39, 0.29) is 5.75 Å². The van der Waals surface area contributed by atoms with Crippen LogP contribution in [0.3, 0.4) is 0 Å². The van der Waals surface area contributed by atoms with Crippen LogP contribution in [-0.4, -0.2) is 12.1 Å². The van der Waals surface area contributed by atoms with Gasteiger partial charge in [-0.3, -0.25) is 0 Å². The number of benzene rings is 3. The van der Waals surface area contributed by atoms with E-state index in [0.29, 0.717) is 15.9 Å². The Kier molecular flexibility index (Phi) is 3.58.